The molecule has 2 rings (SSSR count). The minimum atomic E-state index is -1.60. The van der Waals surface area contributed by atoms with Crippen LogP contribution < -0.4 is 14.2 Å². The van der Waals surface area contributed by atoms with Crippen molar-refractivity contribution >= 4 is 20.4 Å². The molecule has 0 fully saturated rings. The molecule has 2 atom stereocenters. The van der Waals surface area contributed by atoms with E-state index >= 15 is 0 Å². The highest BCUT2D eigenvalue weighted by molar-refractivity contribution is 7.44. The Morgan fingerprint density at radius 2 is 1.53 bits per heavy atom. The van der Waals surface area contributed by atoms with E-state index in [0.717, 1.165) is 0 Å². The summed E-state index contributed by atoms with van der Waals surface area (Å²) in [6.45, 7) is 9.88. The number of nitro benzene ring substituents is 1. The Hall–Kier alpha value is -3.77. The number of hydrogen-bond donors (Lipinski definition) is 0. The molecule has 272 valence electrons. The fourth-order valence-electron chi connectivity index (χ4n) is 4.88. The number of ether oxygens (including phenoxy) is 7. The van der Waals surface area contributed by atoms with Crippen molar-refractivity contribution in [2.75, 3.05) is 61.5 Å². The lowest BCUT2D eigenvalue weighted by Gasteiger charge is -2.35. The van der Waals surface area contributed by atoms with E-state index in [9.17, 15) is 14.9 Å². The van der Waals surface area contributed by atoms with Crippen LogP contribution in [-0.4, -0.2) is 89.3 Å². The number of rotatable bonds is 22. The van der Waals surface area contributed by atoms with E-state index in [-0.39, 0.29) is 62.1 Å². The number of nitriles is 1. The van der Waals surface area contributed by atoms with Gasteiger partial charge in [-0.3, -0.25) is 10.1 Å². The van der Waals surface area contributed by atoms with Crippen LogP contribution in [0.4, 0.5) is 10.5 Å². The molecule has 0 heterocycles. The number of carbonyl (C=O) groups excluding carboxylic acids is 1. The summed E-state index contributed by atoms with van der Waals surface area (Å²) in [6, 6.07) is 11.8. The van der Waals surface area contributed by atoms with Crippen LogP contribution in [0.15, 0.2) is 36.4 Å². The van der Waals surface area contributed by atoms with Crippen LogP contribution in [0.2, 0.25) is 0 Å². The predicted octanol–water partition coefficient (Wildman–Crippen LogP) is 6.69. The van der Waals surface area contributed by atoms with Gasteiger partial charge in [-0.05, 0) is 39.8 Å². The number of nitrogens with zero attached hydrogens (tertiary/aromatic N) is 3. The molecule has 0 aromatic heterocycles. The van der Waals surface area contributed by atoms with Gasteiger partial charge in [0.05, 0.1) is 44.8 Å². The first kappa shape index (κ1) is 41.4. The van der Waals surface area contributed by atoms with E-state index in [0.29, 0.717) is 16.9 Å². The first-order valence-electron chi connectivity index (χ1n) is 15.6. The van der Waals surface area contributed by atoms with Crippen molar-refractivity contribution in [3.05, 3.63) is 57.6 Å². The summed E-state index contributed by atoms with van der Waals surface area (Å²) in [6.07, 6.45) is -0.770. The van der Waals surface area contributed by atoms with Crippen LogP contribution in [0.3, 0.4) is 0 Å². The number of nitro groups is 1. The minimum absolute atomic E-state index is 0.0671. The molecule has 15 nitrogen and oxygen atoms in total. The highest BCUT2D eigenvalue weighted by atomic mass is 31.2. The van der Waals surface area contributed by atoms with Crippen molar-refractivity contribution in [2.45, 2.75) is 64.8 Å². The van der Waals surface area contributed by atoms with Crippen LogP contribution in [0.25, 0.3) is 0 Å². The zero-order chi connectivity index (χ0) is 36.6. The van der Waals surface area contributed by atoms with Crippen molar-refractivity contribution in [1.82, 2.24) is 4.67 Å². The van der Waals surface area contributed by atoms with Crippen LogP contribution in [-0.2, 0) is 33.8 Å². The lowest BCUT2D eigenvalue weighted by atomic mass is 10.0. The Morgan fingerprint density at radius 1 is 0.939 bits per heavy atom. The van der Waals surface area contributed by atoms with Crippen molar-refractivity contribution in [2.24, 2.45) is 0 Å². The summed E-state index contributed by atoms with van der Waals surface area (Å²) < 4.78 is 53.5. The molecule has 0 saturated carbocycles. The van der Waals surface area contributed by atoms with E-state index in [4.69, 9.17) is 47.5 Å². The van der Waals surface area contributed by atoms with Crippen molar-refractivity contribution < 1.29 is 51.9 Å². The molecule has 0 bridgehead atoms. The molecule has 49 heavy (non-hydrogen) atoms. The van der Waals surface area contributed by atoms with E-state index in [1.807, 2.05) is 0 Å². The first-order chi connectivity index (χ1) is 23.4. The maximum absolute atomic E-state index is 12.6. The van der Waals surface area contributed by atoms with Gasteiger partial charge in [0, 0.05) is 49.4 Å². The number of hydrogen-bond acceptors (Lipinski definition) is 14. The number of benzene rings is 2. The lowest BCUT2D eigenvalue weighted by molar-refractivity contribution is -0.385. The Bertz CT molecular complexity index is 1350. The van der Waals surface area contributed by atoms with E-state index < -0.39 is 37.9 Å². The first-order valence-corrected chi connectivity index (χ1v) is 16.8. The smallest absolute Gasteiger partial charge is 0.493 e. The SMILES string of the molecule is COc1cc(C(COC(=O)OCC(C)c2ccccc2[N+](=O)[O-])(OC)OC)cc(OC)c1OCCOP(OCCC#N)N(C(C)C)C(C)C. The Morgan fingerprint density at radius 3 is 2.06 bits per heavy atom. The summed E-state index contributed by atoms with van der Waals surface area (Å²) in [5.74, 6) is -1.21. The summed E-state index contributed by atoms with van der Waals surface area (Å²) in [5, 5.41) is 20.3. The fourth-order valence-corrected chi connectivity index (χ4v) is 6.46. The highest BCUT2D eigenvalue weighted by Gasteiger charge is 2.37. The van der Waals surface area contributed by atoms with Crippen molar-refractivity contribution in [3.63, 3.8) is 0 Å². The number of para-hydroxylation sites is 1. The van der Waals surface area contributed by atoms with Gasteiger partial charge in [0.1, 0.15) is 13.2 Å². The molecular weight excluding hydrogens is 661 g/mol. The van der Waals surface area contributed by atoms with Crippen molar-refractivity contribution in [3.8, 4) is 23.3 Å². The zero-order valence-corrected chi connectivity index (χ0v) is 30.5. The Balaban J connectivity index is 2.15. The third-order valence-corrected chi connectivity index (χ3v) is 9.36. The van der Waals surface area contributed by atoms with E-state index in [1.165, 1.54) is 34.5 Å². The van der Waals surface area contributed by atoms with Gasteiger partial charge in [-0.25, -0.2) is 9.46 Å². The maximum Gasteiger partial charge on any atom is 0.508 e. The van der Waals surface area contributed by atoms with Crippen LogP contribution in [0, 0.1) is 21.4 Å². The number of carbonyl (C=O) groups is 1. The molecule has 0 aliphatic carbocycles. The Kier molecular flexibility index (Phi) is 17.5. The quantitative estimate of drug-likeness (QED) is 0.0316. The van der Waals surface area contributed by atoms with Crippen LogP contribution >= 0.6 is 8.53 Å². The molecule has 0 aliphatic rings. The van der Waals surface area contributed by atoms with Gasteiger partial charge in [-0.15, -0.1) is 0 Å². The summed E-state index contributed by atoms with van der Waals surface area (Å²) in [5.41, 5.74) is 0.742. The van der Waals surface area contributed by atoms with Gasteiger partial charge < -0.3 is 42.2 Å². The maximum atomic E-state index is 12.6. The van der Waals surface area contributed by atoms with Gasteiger partial charge in [0.15, 0.2) is 18.1 Å². The van der Waals surface area contributed by atoms with Crippen molar-refractivity contribution in [1.29, 1.82) is 5.26 Å². The minimum Gasteiger partial charge on any atom is -0.493 e. The van der Waals surface area contributed by atoms with Crippen LogP contribution in [0.1, 0.15) is 58.1 Å². The van der Waals surface area contributed by atoms with Crippen LogP contribution in [0.5, 0.6) is 17.2 Å². The fraction of sp³-hybridized carbons (Fsp3) is 0.576. The molecule has 0 spiro atoms. The largest absolute Gasteiger partial charge is 0.508 e. The molecule has 16 heteroatoms. The van der Waals surface area contributed by atoms with Gasteiger partial charge in [0.25, 0.3) is 14.2 Å². The standard InChI is InChI=1S/C33H48N3O12P/c1-23(2)35(24(3)4)49(47-16-12-15-34)48-18-17-44-31-29(40-6)19-26(20-30(31)41-7)33(42-8,43-9)22-46-32(37)45-21-25(5)27-13-10-11-14-28(27)36(38)39/h10-11,13-14,19-20,23-25H,12,16-18,21-22H2,1-9H3. The van der Waals surface area contributed by atoms with E-state index in [1.54, 1.807) is 37.3 Å². The third-order valence-electron chi connectivity index (χ3n) is 7.25. The van der Waals surface area contributed by atoms with E-state index in [2.05, 4.69) is 38.4 Å². The molecular formula is C33H48N3O12P. The lowest BCUT2D eigenvalue weighted by Crippen LogP contribution is -2.37. The molecule has 0 aliphatic heterocycles. The average molecular weight is 710 g/mol. The zero-order valence-electron chi connectivity index (χ0n) is 29.6. The average Bonchev–Trinajstić information content (AvgIpc) is 3.09. The number of methoxy groups -OCH3 is 4. The molecule has 2 aromatic carbocycles. The summed E-state index contributed by atoms with van der Waals surface area (Å²) in [7, 11) is 4.23. The van der Waals surface area contributed by atoms with Gasteiger partial charge in [-0.2, -0.15) is 5.26 Å². The normalized spacial score (nSPS) is 12.8. The molecule has 2 aromatic rings. The van der Waals surface area contributed by atoms with Gasteiger partial charge in [-0.1, -0.05) is 25.1 Å². The molecule has 2 unspecified atom stereocenters. The molecule has 0 N–H and O–H groups in total. The second-order valence-corrected chi connectivity index (χ2v) is 12.6. The summed E-state index contributed by atoms with van der Waals surface area (Å²) >= 11 is 0. The van der Waals surface area contributed by atoms with Gasteiger partial charge >= 0.3 is 6.16 Å². The highest BCUT2D eigenvalue weighted by Crippen LogP contribution is 2.46. The third kappa shape index (κ3) is 11.7. The topological polar surface area (TPSA) is 170 Å². The molecule has 0 amide bonds. The predicted molar refractivity (Wildman–Crippen MR) is 181 cm³/mol. The second kappa shape index (κ2) is 20.7. The molecule has 0 radical (unpaired) electrons. The monoisotopic (exact) mass is 709 g/mol. The van der Waals surface area contributed by atoms with Gasteiger partial charge in [0.2, 0.25) is 11.5 Å². The molecule has 0 saturated heterocycles. The summed E-state index contributed by atoms with van der Waals surface area (Å²) in [4.78, 5) is 23.5. The second-order valence-electron chi connectivity index (χ2n) is 11.2. The Labute approximate surface area is 289 Å².